The predicted molar refractivity (Wildman–Crippen MR) is 103 cm³/mol. The maximum absolute atomic E-state index is 13.1. The van der Waals surface area contributed by atoms with Crippen LogP contribution in [0.25, 0.3) is 0 Å². The smallest absolute Gasteiger partial charge is 0.261 e. The first-order valence-corrected chi connectivity index (χ1v) is 9.86. The summed E-state index contributed by atoms with van der Waals surface area (Å²) in [5, 5.41) is 0. The number of unbranched alkanes of at least 4 members (excludes halogenated alkanes) is 1. The number of hydrogen-bond acceptors (Lipinski definition) is 2. The molecule has 0 radical (unpaired) electrons. The van der Waals surface area contributed by atoms with Crippen LogP contribution >= 0.6 is 0 Å². The summed E-state index contributed by atoms with van der Waals surface area (Å²) in [4.78, 5) is 27.8. The zero-order chi connectivity index (χ0) is 18.7. The molecule has 3 nitrogen and oxygen atoms in total. The summed E-state index contributed by atoms with van der Waals surface area (Å²) in [6, 6.07) is 4.09. The number of fused-ring (bicyclic) bond motifs is 1. The molecule has 1 aliphatic rings. The molecule has 0 saturated heterocycles. The van der Waals surface area contributed by atoms with Crippen molar-refractivity contribution >= 4 is 11.8 Å². The van der Waals surface area contributed by atoms with E-state index in [2.05, 4.69) is 41.5 Å². The first-order valence-electron chi connectivity index (χ1n) is 9.86. The standard InChI is InChI=1S/C22H33NO2/c1-7-9-10-16(8-2)13-23-21(24)19-17(14(3)4)11-12-18(15(5)6)20(19)22(23)25/h11-12,14-16H,7-10,13H2,1-6H3. The van der Waals surface area contributed by atoms with E-state index in [0.29, 0.717) is 23.6 Å². The zero-order valence-corrected chi connectivity index (χ0v) is 16.7. The van der Waals surface area contributed by atoms with E-state index in [-0.39, 0.29) is 23.7 Å². The lowest BCUT2D eigenvalue weighted by atomic mass is 9.88. The number of nitrogens with zero attached hydrogens (tertiary/aromatic N) is 1. The minimum absolute atomic E-state index is 0.0823. The Hall–Kier alpha value is -1.64. The van der Waals surface area contributed by atoms with Gasteiger partial charge in [-0.15, -0.1) is 0 Å². The second kappa shape index (κ2) is 8.16. The Balaban J connectivity index is 2.43. The van der Waals surface area contributed by atoms with Gasteiger partial charge in [-0.25, -0.2) is 0 Å². The van der Waals surface area contributed by atoms with E-state index in [1.165, 1.54) is 4.90 Å². The summed E-state index contributed by atoms with van der Waals surface area (Å²) in [5.74, 6) is 0.692. The van der Waals surface area contributed by atoms with Gasteiger partial charge in [-0.2, -0.15) is 0 Å². The van der Waals surface area contributed by atoms with Gasteiger partial charge in [0.2, 0.25) is 0 Å². The Morgan fingerprint density at radius 1 is 0.880 bits per heavy atom. The molecule has 0 N–H and O–H groups in total. The molecule has 0 saturated carbocycles. The van der Waals surface area contributed by atoms with Crippen LogP contribution in [0.4, 0.5) is 0 Å². The average molecular weight is 344 g/mol. The van der Waals surface area contributed by atoms with Crippen LogP contribution < -0.4 is 0 Å². The van der Waals surface area contributed by atoms with Crippen molar-refractivity contribution in [2.45, 2.75) is 79.1 Å². The van der Waals surface area contributed by atoms with E-state index in [9.17, 15) is 9.59 Å². The highest BCUT2D eigenvalue weighted by atomic mass is 16.2. The number of rotatable bonds is 8. The molecule has 3 heteroatoms. The lowest BCUT2D eigenvalue weighted by Crippen LogP contribution is -2.34. The number of amides is 2. The Bertz CT molecular complexity index is 599. The van der Waals surface area contributed by atoms with E-state index in [0.717, 1.165) is 36.8 Å². The normalized spacial score (nSPS) is 15.4. The van der Waals surface area contributed by atoms with Crippen molar-refractivity contribution in [3.63, 3.8) is 0 Å². The van der Waals surface area contributed by atoms with Crippen LogP contribution in [0, 0.1) is 5.92 Å². The zero-order valence-electron chi connectivity index (χ0n) is 16.7. The van der Waals surface area contributed by atoms with Crippen LogP contribution in [0.15, 0.2) is 12.1 Å². The molecule has 2 rings (SSSR count). The van der Waals surface area contributed by atoms with Gasteiger partial charge in [-0.05, 0) is 35.3 Å². The molecule has 1 aliphatic heterocycles. The summed E-state index contributed by atoms with van der Waals surface area (Å²) >= 11 is 0. The first kappa shape index (κ1) is 19.7. The van der Waals surface area contributed by atoms with Crippen LogP contribution in [0.1, 0.15) is 111 Å². The second-order valence-electron chi connectivity index (χ2n) is 7.94. The molecule has 0 aromatic heterocycles. The minimum Gasteiger partial charge on any atom is -0.274 e. The molecule has 0 fully saturated rings. The van der Waals surface area contributed by atoms with Gasteiger partial charge in [-0.3, -0.25) is 14.5 Å². The Labute approximate surface area is 152 Å². The highest BCUT2D eigenvalue weighted by Crippen LogP contribution is 2.36. The first-order chi connectivity index (χ1) is 11.8. The summed E-state index contributed by atoms with van der Waals surface area (Å²) in [6.07, 6.45) is 4.37. The third-order valence-corrected chi connectivity index (χ3v) is 5.42. The van der Waals surface area contributed by atoms with Crippen molar-refractivity contribution in [2.24, 2.45) is 5.92 Å². The van der Waals surface area contributed by atoms with E-state index in [1.54, 1.807) is 0 Å². The quantitative estimate of drug-likeness (QED) is 0.564. The highest BCUT2D eigenvalue weighted by molar-refractivity contribution is 6.22. The molecule has 25 heavy (non-hydrogen) atoms. The largest absolute Gasteiger partial charge is 0.274 e. The summed E-state index contributed by atoms with van der Waals surface area (Å²) in [6.45, 7) is 13.2. The van der Waals surface area contributed by atoms with Crippen LogP contribution in [-0.4, -0.2) is 23.3 Å². The number of carbonyl (C=O) groups excluding carboxylic acids is 2. The number of carbonyl (C=O) groups is 2. The minimum atomic E-state index is -0.0823. The van der Waals surface area contributed by atoms with Crippen molar-refractivity contribution < 1.29 is 9.59 Å². The fourth-order valence-electron chi connectivity index (χ4n) is 3.76. The number of imide groups is 1. The van der Waals surface area contributed by atoms with Crippen LogP contribution in [0.3, 0.4) is 0 Å². The van der Waals surface area contributed by atoms with E-state index in [1.807, 2.05) is 12.1 Å². The third kappa shape index (κ3) is 3.80. The van der Waals surface area contributed by atoms with Crippen molar-refractivity contribution in [3.05, 3.63) is 34.4 Å². The molecule has 0 bridgehead atoms. The highest BCUT2D eigenvalue weighted by Gasteiger charge is 2.40. The SMILES string of the molecule is CCCCC(CC)CN1C(=O)c2c(C(C)C)ccc(C(C)C)c2C1=O. The second-order valence-corrected chi connectivity index (χ2v) is 7.94. The van der Waals surface area contributed by atoms with Crippen molar-refractivity contribution in [2.75, 3.05) is 6.54 Å². The van der Waals surface area contributed by atoms with Gasteiger partial charge in [0.05, 0.1) is 11.1 Å². The van der Waals surface area contributed by atoms with E-state index in [4.69, 9.17) is 0 Å². The molecule has 0 aliphatic carbocycles. The monoisotopic (exact) mass is 343 g/mol. The van der Waals surface area contributed by atoms with E-state index >= 15 is 0 Å². The van der Waals surface area contributed by atoms with Gasteiger partial charge < -0.3 is 0 Å². The maximum atomic E-state index is 13.1. The van der Waals surface area contributed by atoms with Gasteiger partial charge in [0, 0.05) is 6.54 Å². The number of benzene rings is 1. The molecule has 138 valence electrons. The van der Waals surface area contributed by atoms with Crippen LogP contribution in [0.5, 0.6) is 0 Å². The summed E-state index contributed by atoms with van der Waals surface area (Å²) in [5.41, 5.74) is 3.33. The Morgan fingerprint density at radius 3 is 1.72 bits per heavy atom. The Morgan fingerprint density at radius 2 is 1.36 bits per heavy atom. The van der Waals surface area contributed by atoms with Crippen molar-refractivity contribution in [1.29, 1.82) is 0 Å². The molecular weight excluding hydrogens is 310 g/mol. The molecule has 1 aromatic rings. The van der Waals surface area contributed by atoms with Gasteiger partial charge in [0.1, 0.15) is 0 Å². The predicted octanol–water partition coefficient (Wildman–Crippen LogP) is 5.75. The van der Waals surface area contributed by atoms with Crippen molar-refractivity contribution in [3.8, 4) is 0 Å². The Kier molecular flexibility index (Phi) is 6.42. The molecule has 1 unspecified atom stereocenters. The molecule has 1 heterocycles. The van der Waals surface area contributed by atoms with Gasteiger partial charge in [0.15, 0.2) is 0 Å². The molecule has 2 amide bonds. The van der Waals surface area contributed by atoms with E-state index < -0.39 is 0 Å². The molecular formula is C22H33NO2. The van der Waals surface area contributed by atoms with Gasteiger partial charge in [-0.1, -0.05) is 72.9 Å². The lowest BCUT2D eigenvalue weighted by molar-refractivity contribution is 0.0623. The maximum Gasteiger partial charge on any atom is 0.261 e. The number of hydrogen-bond donors (Lipinski definition) is 0. The van der Waals surface area contributed by atoms with Crippen LogP contribution in [0.2, 0.25) is 0 Å². The molecule has 1 aromatic carbocycles. The van der Waals surface area contributed by atoms with Gasteiger partial charge in [0.25, 0.3) is 11.8 Å². The van der Waals surface area contributed by atoms with Gasteiger partial charge >= 0.3 is 0 Å². The fourth-order valence-corrected chi connectivity index (χ4v) is 3.76. The lowest BCUT2D eigenvalue weighted by Gasteiger charge is -2.21. The molecule has 1 atom stereocenters. The van der Waals surface area contributed by atoms with Crippen molar-refractivity contribution in [1.82, 2.24) is 4.90 Å². The topological polar surface area (TPSA) is 37.4 Å². The summed E-state index contributed by atoms with van der Waals surface area (Å²) in [7, 11) is 0. The van der Waals surface area contributed by atoms with Crippen LogP contribution in [-0.2, 0) is 0 Å². The summed E-state index contributed by atoms with van der Waals surface area (Å²) < 4.78 is 0. The average Bonchev–Trinajstić information content (AvgIpc) is 2.82. The third-order valence-electron chi connectivity index (χ3n) is 5.42. The fraction of sp³-hybridized carbons (Fsp3) is 0.636. The molecule has 0 spiro atoms.